The van der Waals surface area contributed by atoms with Crippen molar-refractivity contribution in [2.24, 2.45) is 0 Å². The Morgan fingerprint density at radius 3 is 1.43 bits per heavy atom. The summed E-state index contributed by atoms with van der Waals surface area (Å²) in [6.45, 7) is 9.04. The van der Waals surface area contributed by atoms with E-state index in [0.717, 1.165) is 61.0 Å². The van der Waals surface area contributed by atoms with Crippen LogP contribution in [-0.4, -0.2) is 4.70 Å². The van der Waals surface area contributed by atoms with Crippen LogP contribution in [0.25, 0.3) is 16.9 Å². The summed E-state index contributed by atoms with van der Waals surface area (Å²) in [7, 11) is 0. The summed E-state index contributed by atoms with van der Waals surface area (Å²) in [6.07, 6.45) is 17.7. The molecular weight excluding hydrogens is 448 g/mol. The van der Waals surface area contributed by atoms with Crippen LogP contribution >= 0.6 is 0 Å². The molecule has 0 atom stereocenters. The second kappa shape index (κ2) is 15.7. The molecule has 0 fully saturated rings. The molecule has 1 aliphatic heterocycles. The highest BCUT2D eigenvalue weighted by molar-refractivity contribution is 5.82. The Hall–Kier alpha value is -2.48. The van der Waals surface area contributed by atoms with Gasteiger partial charge in [0.15, 0.2) is 0 Å². The van der Waals surface area contributed by atoms with E-state index in [1.165, 1.54) is 80.1 Å². The highest BCUT2D eigenvalue weighted by Gasteiger charge is 2.35. The van der Waals surface area contributed by atoms with Gasteiger partial charge in [0.25, 0.3) is 0 Å². The summed E-state index contributed by atoms with van der Waals surface area (Å²) in [6, 6.07) is 17.9. The van der Waals surface area contributed by atoms with Crippen LogP contribution in [-0.2, 0) is 12.8 Å². The first-order chi connectivity index (χ1) is 18.1. The first-order valence-electron chi connectivity index (χ1n) is 15.3. The zero-order chi connectivity index (χ0) is 26.5. The van der Waals surface area contributed by atoms with Crippen molar-refractivity contribution in [1.82, 2.24) is 0 Å². The van der Waals surface area contributed by atoms with Crippen molar-refractivity contribution in [3.8, 4) is 0 Å². The molecule has 37 heavy (non-hydrogen) atoms. The molecule has 0 saturated heterocycles. The molecule has 2 aromatic carbocycles. The molecule has 2 heteroatoms. The lowest BCUT2D eigenvalue weighted by atomic mass is 9.91. The van der Waals surface area contributed by atoms with Crippen molar-refractivity contribution < 1.29 is 4.70 Å². The van der Waals surface area contributed by atoms with Gasteiger partial charge in [-0.1, -0.05) is 96.9 Å². The van der Waals surface area contributed by atoms with E-state index in [4.69, 9.17) is 0 Å². The molecule has 0 N–H and O–H groups in total. The average Bonchev–Trinajstić information content (AvgIpc) is 3.20. The minimum Gasteiger partial charge on any atom is -0.493 e. The van der Waals surface area contributed by atoms with Crippen LogP contribution in [0.4, 0.5) is 0 Å². The van der Waals surface area contributed by atoms with Gasteiger partial charge in [0, 0.05) is 22.3 Å². The quantitative estimate of drug-likeness (QED) is 0.153. The number of allylic oxidation sites excluding steroid dienone is 2. The van der Waals surface area contributed by atoms with Gasteiger partial charge in [0.2, 0.25) is 11.4 Å². The molecular formula is C35H50N2. The van der Waals surface area contributed by atoms with Crippen molar-refractivity contribution in [2.75, 3.05) is 0 Å². The highest BCUT2D eigenvalue weighted by Crippen LogP contribution is 2.44. The van der Waals surface area contributed by atoms with Gasteiger partial charge < -0.3 is 5.53 Å². The van der Waals surface area contributed by atoms with E-state index in [1.807, 2.05) is 0 Å². The molecule has 200 valence electrons. The second-order valence-electron chi connectivity index (χ2n) is 10.8. The average molecular weight is 499 g/mol. The number of aryl methyl sites for hydroxylation is 2. The molecule has 3 rings (SSSR count). The van der Waals surface area contributed by atoms with Gasteiger partial charge in [0.05, 0.1) is 0 Å². The van der Waals surface area contributed by atoms with Crippen LogP contribution < -0.4 is 0 Å². The molecule has 1 aliphatic rings. The van der Waals surface area contributed by atoms with Crippen molar-refractivity contribution in [2.45, 2.75) is 124 Å². The van der Waals surface area contributed by atoms with Gasteiger partial charge in [-0.25, -0.2) is 4.70 Å². The SMILES string of the molecule is CCCCCCCC1=C(c2cccc(CCCC)c2)[N+](=[N-])C(c2cccc(CCCC)c2)=C1CCCC. The third-order valence-electron chi connectivity index (χ3n) is 7.71. The first-order valence-corrected chi connectivity index (χ1v) is 15.3. The van der Waals surface area contributed by atoms with Crippen LogP contribution in [0.1, 0.15) is 133 Å². The molecule has 2 nitrogen and oxygen atoms in total. The van der Waals surface area contributed by atoms with Crippen molar-refractivity contribution >= 4 is 11.4 Å². The largest absolute Gasteiger partial charge is 0.493 e. The standard InChI is InChI=1S/C35H50N2/c1-5-9-13-14-15-25-33-32(24-12-8-4)34(30-22-16-20-28(26-30)18-10-6-2)37(36)35(33)31-23-17-21-29(27-31)19-11-7-3/h16-17,20-23,26-27H,5-15,18-19,24-25H2,1-4H3. The first kappa shape index (κ1) is 29.1. The fourth-order valence-corrected chi connectivity index (χ4v) is 5.55. The summed E-state index contributed by atoms with van der Waals surface area (Å²) in [5.74, 6) is 0. The number of benzene rings is 2. The minimum absolute atomic E-state index is 1.02. The molecule has 0 bridgehead atoms. The fourth-order valence-electron chi connectivity index (χ4n) is 5.55. The maximum Gasteiger partial charge on any atom is 0.211 e. The minimum atomic E-state index is 1.02. The van der Waals surface area contributed by atoms with Gasteiger partial charge in [-0.15, -0.1) is 0 Å². The van der Waals surface area contributed by atoms with Crippen LogP contribution in [0.3, 0.4) is 0 Å². The van der Waals surface area contributed by atoms with Crippen LogP contribution in [0.5, 0.6) is 0 Å². The topological polar surface area (TPSA) is 25.3 Å². The van der Waals surface area contributed by atoms with E-state index < -0.39 is 0 Å². The zero-order valence-corrected chi connectivity index (χ0v) is 24.1. The van der Waals surface area contributed by atoms with Crippen LogP contribution in [0.2, 0.25) is 0 Å². The number of unbranched alkanes of at least 4 members (excludes halogenated alkanes) is 7. The Labute approximate surface area is 227 Å². The van der Waals surface area contributed by atoms with E-state index in [2.05, 4.69) is 76.2 Å². The normalized spacial score (nSPS) is 13.8. The number of rotatable bonds is 17. The van der Waals surface area contributed by atoms with E-state index in [0.29, 0.717) is 0 Å². The predicted molar refractivity (Wildman–Crippen MR) is 160 cm³/mol. The summed E-state index contributed by atoms with van der Waals surface area (Å²) >= 11 is 0. The maximum atomic E-state index is 11.9. The Morgan fingerprint density at radius 1 is 0.514 bits per heavy atom. The Bertz CT molecular complexity index is 1070. The van der Waals surface area contributed by atoms with Gasteiger partial charge >= 0.3 is 0 Å². The molecule has 0 aliphatic carbocycles. The zero-order valence-electron chi connectivity index (χ0n) is 24.1. The van der Waals surface area contributed by atoms with Crippen molar-refractivity contribution in [3.63, 3.8) is 0 Å². The van der Waals surface area contributed by atoms with Gasteiger partial charge in [-0.05, 0) is 86.8 Å². The Balaban J connectivity index is 2.06. The van der Waals surface area contributed by atoms with Gasteiger partial charge in [0.1, 0.15) is 0 Å². The predicted octanol–water partition coefficient (Wildman–Crippen LogP) is 11.1. The number of hydrogen-bond donors (Lipinski definition) is 0. The fraction of sp³-hybridized carbons (Fsp3) is 0.543. The summed E-state index contributed by atoms with van der Waals surface area (Å²) < 4.78 is 1.56. The van der Waals surface area contributed by atoms with Gasteiger partial charge in [-0.2, -0.15) is 0 Å². The molecule has 2 aromatic rings. The van der Waals surface area contributed by atoms with E-state index in [1.54, 1.807) is 4.70 Å². The molecule has 1 heterocycles. The molecule has 0 spiro atoms. The van der Waals surface area contributed by atoms with Crippen molar-refractivity contribution in [3.05, 3.63) is 87.5 Å². The number of hydrogen-bond acceptors (Lipinski definition) is 0. The van der Waals surface area contributed by atoms with E-state index in [-0.39, 0.29) is 0 Å². The van der Waals surface area contributed by atoms with Crippen LogP contribution in [0.15, 0.2) is 59.7 Å². The highest BCUT2D eigenvalue weighted by atomic mass is 15.2. The maximum absolute atomic E-state index is 11.9. The lowest BCUT2D eigenvalue weighted by Gasteiger charge is -2.11. The monoisotopic (exact) mass is 498 g/mol. The van der Waals surface area contributed by atoms with Crippen LogP contribution in [0, 0.1) is 0 Å². The molecule has 0 amide bonds. The molecule has 0 unspecified atom stereocenters. The third-order valence-corrected chi connectivity index (χ3v) is 7.71. The third kappa shape index (κ3) is 8.00. The number of nitrogens with zero attached hydrogens (tertiary/aromatic N) is 2. The van der Waals surface area contributed by atoms with Gasteiger partial charge in [-0.3, -0.25) is 0 Å². The van der Waals surface area contributed by atoms with Crippen molar-refractivity contribution in [1.29, 1.82) is 0 Å². The lowest BCUT2D eigenvalue weighted by molar-refractivity contribution is -0.345. The van der Waals surface area contributed by atoms with E-state index in [9.17, 15) is 5.53 Å². The van der Waals surface area contributed by atoms with E-state index >= 15 is 0 Å². The molecule has 0 radical (unpaired) electrons. The smallest absolute Gasteiger partial charge is 0.211 e. The molecule has 0 saturated carbocycles. The summed E-state index contributed by atoms with van der Waals surface area (Å²) in [4.78, 5) is 0. The Kier molecular flexibility index (Phi) is 12.3. The second-order valence-corrected chi connectivity index (χ2v) is 10.8. The summed E-state index contributed by atoms with van der Waals surface area (Å²) in [5.41, 5.74) is 21.7. The summed E-state index contributed by atoms with van der Waals surface area (Å²) in [5, 5.41) is 0. The Morgan fingerprint density at radius 2 is 0.946 bits per heavy atom. The lowest BCUT2D eigenvalue weighted by Crippen LogP contribution is -2.03. The molecule has 0 aromatic heterocycles.